The largest absolute Gasteiger partial charge is 0.416 e. The van der Waals surface area contributed by atoms with Gasteiger partial charge >= 0.3 is 6.18 Å². The molecule has 3 rings (SSSR count). The van der Waals surface area contributed by atoms with Crippen molar-refractivity contribution in [2.45, 2.75) is 6.18 Å². The van der Waals surface area contributed by atoms with Crippen molar-refractivity contribution in [3.05, 3.63) is 59.7 Å². The van der Waals surface area contributed by atoms with Gasteiger partial charge in [-0.3, -0.25) is 4.79 Å². The van der Waals surface area contributed by atoms with Crippen LogP contribution in [0.4, 0.5) is 24.8 Å². The minimum atomic E-state index is -4.45. The van der Waals surface area contributed by atoms with Gasteiger partial charge < -0.3 is 10.7 Å². The third-order valence-corrected chi connectivity index (χ3v) is 3.43. The highest BCUT2D eigenvalue weighted by Gasteiger charge is 2.30. The molecule has 3 N–H and O–H groups in total. The molecule has 0 saturated heterocycles. The topological polar surface area (TPSA) is 83.6 Å². The quantitative estimate of drug-likeness (QED) is 0.667. The van der Waals surface area contributed by atoms with Gasteiger partial charge in [0, 0.05) is 16.3 Å². The maximum absolute atomic E-state index is 12.5. The zero-order valence-electron chi connectivity index (χ0n) is 12.1. The molecule has 0 bridgehead atoms. The average Bonchev–Trinajstić information content (AvgIpc) is 2.89. The summed E-state index contributed by atoms with van der Waals surface area (Å²) in [5.74, 6) is -0.0501. The number of amides is 1. The number of hydrogen-bond donors (Lipinski definition) is 2. The summed E-state index contributed by atoms with van der Waals surface area (Å²) in [6, 6.07) is 10.9. The van der Waals surface area contributed by atoms with Crippen molar-refractivity contribution < 1.29 is 18.0 Å². The molecule has 0 unspecified atom stereocenters. The Hall–Kier alpha value is -3.16. The molecule has 5 nitrogen and oxygen atoms in total. The first-order chi connectivity index (χ1) is 11.4. The highest BCUT2D eigenvalue weighted by Crippen LogP contribution is 2.31. The molecule has 0 aliphatic carbocycles. The fourth-order valence-electron chi connectivity index (χ4n) is 2.22. The number of anilines is 1. The summed E-state index contributed by atoms with van der Waals surface area (Å²) >= 11 is 0. The van der Waals surface area contributed by atoms with E-state index >= 15 is 0 Å². The van der Waals surface area contributed by atoms with Gasteiger partial charge in [-0.2, -0.15) is 13.2 Å². The molecule has 0 fully saturated rings. The van der Waals surface area contributed by atoms with Crippen molar-refractivity contribution in [2.75, 3.05) is 5.73 Å². The molecule has 3 aromatic rings. The van der Waals surface area contributed by atoms with E-state index in [1.165, 1.54) is 0 Å². The molecule has 0 aliphatic heterocycles. The minimum Gasteiger partial charge on any atom is -0.385 e. The number of nitrogens with one attached hydrogen (secondary N) is 1. The number of hydrogen-bond acceptors (Lipinski definition) is 3. The van der Waals surface area contributed by atoms with Gasteiger partial charge in [-0.25, -0.2) is 0 Å². The molecule has 0 saturated carbocycles. The monoisotopic (exact) mass is 332 g/mol. The number of nitrogen functional groups attached to an aromatic ring is 1. The van der Waals surface area contributed by atoms with E-state index < -0.39 is 17.6 Å². The summed E-state index contributed by atoms with van der Waals surface area (Å²) in [5, 5.41) is 8.80. The maximum Gasteiger partial charge on any atom is 0.416 e. The van der Waals surface area contributed by atoms with Crippen LogP contribution >= 0.6 is 0 Å². The number of aromatic amines is 1. The van der Waals surface area contributed by atoms with Crippen LogP contribution in [0.15, 0.2) is 58.8 Å². The highest BCUT2D eigenvalue weighted by molar-refractivity contribution is 6.00. The van der Waals surface area contributed by atoms with E-state index in [9.17, 15) is 18.0 Å². The first-order valence-corrected chi connectivity index (χ1v) is 6.86. The predicted octanol–water partition coefficient (Wildman–Crippen LogP) is 4.69. The molecule has 1 heterocycles. The van der Waals surface area contributed by atoms with Gasteiger partial charge in [-0.15, -0.1) is 10.2 Å². The van der Waals surface area contributed by atoms with E-state index in [0.717, 1.165) is 29.7 Å². The van der Waals surface area contributed by atoms with Crippen LogP contribution < -0.4 is 5.73 Å². The molecular formula is C16H11F3N4O. The fourth-order valence-corrected chi connectivity index (χ4v) is 2.22. The molecule has 8 heteroatoms. The molecule has 24 heavy (non-hydrogen) atoms. The van der Waals surface area contributed by atoms with E-state index in [1.54, 1.807) is 24.3 Å². The lowest BCUT2D eigenvalue weighted by Gasteiger charge is -2.05. The Morgan fingerprint density at radius 2 is 1.62 bits per heavy atom. The van der Waals surface area contributed by atoms with Crippen LogP contribution in [-0.4, -0.2) is 10.9 Å². The van der Waals surface area contributed by atoms with E-state index in [4.69, 9.17) is 5.73 Å². The predicted molar refractivity (Wildman–Crippen MR) is 83.0 cm³/mol. The summed E-state index contributed by atoms with van der Waals surface area (Å²) < 4.78 is 37.5. The highest BCUT2D eigenvalue weighted by atomic mass is 19.4. The van der Waals surface area contributed by atoms with Crippen molar-refractivity contribution in [3.63, 3.8) is 0 Å². The number of nitrogens with two attached hydrogens (primary N) is 1. The van der Waals surface area contributed by atoms with Crippen LogP contribution in [0.25, 0.3) is 10.8 Å². The Bertz CT molecular complexity index is 927. The van der Waals surface area contributed by atoms with E-state index in [-0.39, 0.29) is 5.56 Å². The van der Waals surface area contributed by atoms with Crippen molar-refractivity contribution in [2.24, 2.45) is 10.2 Å². The van der Waals surface area contributed by atoms with Crippen LogP contribution in [-0.2, 0) is 6.18 Å². The number of aromatic nitrogens is 1. The van der Waals surface area contributed by atoms with Gasteiger partial charge in [-0.1, -0.05) is 24.3 Å². The Labute approximate surface area is 134 Å². The number of alkyl halides is 3. The molecule has 2 aromatic carbocycles. The lowest BCUT2D eigenvalue weighted by molar-refractivity contribution is -0.137. The van der Waals surface area contributed by atoms with Gasteiger partial charge in [0.25, 0.3) is 5.91 Å². The lowest BCUT2D eigenvalue weighted by atomic mass is 10.1. The van der Waals surface area contributed by atoms with Crippen LogP contribution in [0.5, 0.6) is 0 Å². The number of halogens is 3. The Morgan fingerprint density at radius 3 is 2.25 bits per heavy atom. The standard InChI is InChI=1S/C16H11F3N4O/c17-16(18,19)10-7-5-9(6-8-10)15(24)23-22-14-12-4-2-1-3-11(12)13(20)21-14/h1-8,21H,20H2. The van der Waals surface area contributed by atoms with Gasteiger partial charge in [0.05, 0.1) is 5.56 Å². The number of nitrogens with zero attached hydrogens (tertiary/aromatic N) is 2. The van der Waals surface area contributed by atoms with Crippen LogP contribution in [0.1, 0.15) is 15.9 Å². The second-order valence-corrected chi connectivity index (χ2v) is 5.01. The molecular weight excluding hydrogens is 321 g/mol. The molecule has 0 radical (unpaired) electrons. The second kappa shape index (κ2) is 5.80. The number of azo groups is 1. The van der Waals surface area contributed by atoms with Gasteiger partial charge in [-0.05, 0) is 24.3 Å². The number of fused-ring (bicyclic) bond motifs is 1. The first kappa shape index (κ1) is 15.7. The molecule has 0 atom stereocenters. The third-order valence-electron chi connectivity index (χ3n) is 3.43. The summed E-state index contributed by atoms with van der Waals surface area (Å²) in [6.07, 6.45) is -4.45. The molecule has 0 aliphatic rings. The molecule has 122 valence electrons. The Morgan fingerprint density at radius 1 is 1.00 bits per heavy atom. The summed E-state index contributed by atoms with van der Waals surface area (Å²) in [6.45, 7) is 0. The normalized spacial score (nSPS) is 12.1. The summed E-state index contributed by atoms with van der Waals surface area (Å²) in [4.78, 5) is 14.7. The van der Waals surface area contributed by atoms with E-state index in [1.807, 2.05) is 0 Å². The Kier molecular flexibility index (Phi) is 3.80. The second-order valence-electron chi connectivity index (χ2n) is 5.01. The zero-order chi connectivity index (χ0) is 17.3. The summed E-state index contributed by atoms with van der Waals surface area (Å²) in [5.41, 5.74) is 4.98. The lowest BCUT2D eigenvalue weighted by Crippen LogP contribution is -2.05. The van der Waals surface area contributed by atoms with Gasteiger partial charge in [0.1, 0.15) is 5.82 Å². The van der Waals surface area contributed by atoms with E-state index in [0.29, 0.717) is 17.0 Å². The summed E-state index contributed by atoms with van der Waals surface area (Å²) in [7, 11) is 0. The smallest absolute Gasteiger partial charge is 0.385 e. The third kappa shape index (κ3) is 2.98. The van der Waals surface area contributed by atoms with Gasteiger partial charge in [0.2, 0.25) is 0 Å². The minimum absolute atomic E-state index is 0.00980. The van der Waals surface area contributed by atoms with Crippen molar-refractivity contribution in [1.29, 1.82) is 0 Å². The maximum atomic E-state index is 12.5. The van der Waals surface area contributed by atoms with Gasteiger partial charge in [0.15, 0.2) is 5.82 Å². The van der Waals surface area contributed by atoms with E-state index in [2.05, 4.69) is 15.2 Å². The number of H-pyrrole nitrogens is 1. The van der Waals surface area contributed by atoms with Crippen molar-refractivity contribution in [1.82, 2.24) is 4.98 Å². The molecule has 1 aromatic heterocycles. The number of rotatable bonds is 2. The SMILES string of the molecule is Nc1[nH]c(N=NC(=O)c2ccc(C(F)(F)F)cc2)c2ccccc12. The van der Waals surface area contributed by atoms with Crippen LogP contribution in [0, 0.1) is 0 Å². The first-order valence-electron chi connectivity index (χ1n) is 6.86. The number of benzene rings is 2. The number of carbonyl (C=O) groups excluding carboxylic acids is 1. The molecule has 1 amide bonds. The zero-order valence-corrected chi connectivity index (χ0v) is 12.1. The average molecular weight is 332 g/mol. The Balaban J connectivity index is 1.85. The van der Waals surface area contributed by atoms with Crippen molar-refractivity contribution in [3.8, 4) is 0 Å². The molecule has 0 spiro atoms. The fraction of sp³-hybridized carbons (Fsp3) is 0.0625. The van der Waals surface area contributed by atoms with Crippen LogP contribution in [0.2, 0.25) is 0 Å². The van der Waals surface area contributed by atoms with Crippen molar-refractivity contribution >= 4 is 28.3 Å². The number of carbonyl (C=O) groups is 1. The van der Waals surface area contributed by atoms with Crippen LogP contribution in [0.3, 0.4) is 0 Å².